The average molecular weight is 750 g/mol. The molecule has 0 atom stereocenters. The number of rotatable bonds is 23. The Bertz CT molecular complexity index is 1440. The molecule has 0 amide bonds. The summed E-state index contributed by atoms with van der Waals surface area (Å²) in [6, 6.07) is 19.3. The SMILES string of the molecule is CCCCCCCCCc1ccccc1OP(=O)([O-])Oc1ccccc1CCCCCCCCC.Cc1ccc([NH2+]C(C)(C)CC(C)(C)C)c(C)c1C. The van der Waals surface area contributed by atoms with Crippen LogP contribution >= 0.6 is 7.82 Å². The predicted molar refractivity (Wildman–Crippen MR) is 226 cm³/mol. The molecule has 6 heteroatoms. The van der Waals surface area contributed by atoms with E-state index >= 15 is 0 Å². The minimum atomic E-state index is -4.56. The summed E-state index contributed by atoms with van der Waals surface area (Å²) in [5.74, 6) is 0.753. The van der Waals surface area contributed by atoms with Crippen molar-refractivity contribution in [1.82, 2.24) is 0 Å². The van der Waals surface area contributed by atoms with Gasteiger partial charge in [0, 0.05) is 12.0 Å². The number of hydrogen-bond acceptors (Lipinski definition) is 4. The molecule has 0 bridgehead atoms. The van der Waals surface area contributed by atoms with Gasteiger partial charge in [-0.3, -0.25) is 0 Å². The van der Waals surface area contributed by atoms with E-state index in [9.17, 15) is 9.46 Å². The first kappa shape index (κ1) is 46.6. The van der Waals surface area contributed by atoms with Crippen molar-refractivity contribution in [3.8, 4) is 11.5 Å². The fourth-order valence-electron chi connectivity index (χ4n) is 7.38. The Hall–Kier alpha value is -2.59. The Labute approximate surface area is 325 Å². The maximum absolute atomic E-state index is 12.8. The Morgan fingerprint density at radius 2 is 1.00 bits per heavy atom. The number of para-hydroxylation sites is 2. The van der Waals surface area contributed by atoms with Crippen molar-refractivity contribution in [2.75, 3.05) is 0 Å². The van der Waals surface area contributed by atoms with Gasteiger partial charge in [0.2, 0.25) is 0 Å². The first-order valence-corrected chi connectivity index (χ1v) is 22.3. The number of aryl methyl sites for hydroxylation is 3. The fourth-order valence-corrected chi connectivity index (χ4v) is 8.25. The van der Waals surface area contributed by atoms with E-state index in [1.807, 2.05) is 24.3 Å². The lowest BCUT2D eigenvalue weighted by Gasteiger charge is -2.31. The molecule has 0 aliphatic rings. The van der Waals surface area contributed by atoms with E-state index < -0.39 is 7.82 Å². The van der Waals surface area contributed by atoms with Crippen LogP contribution in [0.1, 0.15) is 173 Å². The van der Waals surface area contributed by atoms with E-state index in [0.29, 0.717) is 16.9 Å². The maximum atomic E-state index is 12.8. The molecule has 0 saturated carbocycles. The summed E-state index contributed by atoms with van der Waals surface area (Å²) in [5.41, 5.74) is 8.07. The Kier molecular flexibility index (Phi) is 21.1. The highest BCUT2D eigenvalue weighted by atomic mass is 31.2. The quantitative estimate of drug-likeness (QED) is 0.0595. The second kappa shape index (κ2) is 24.0. The first-order chi connectivity index (χ1) is 25.1. The highest BCUT2D eigenvalue weighted by molar-refractivity contribution is 7.46. The third kappa shape index (κ3) is 19.5. The van der Waals surface area contributed by atoms with Gasteiger partial charge in [0.05, 0.1) is 5.54 Å². The zero-order valence-electron chi connectivity index (χ0n) is 35.5. The van der Waals surface area contributed by atoms with Gasteiger partial charge in [-0.1, -0.05) is 154 Å². The van der Waals surface area contributed by atoms with E-state index in [2.05, 4.69) is 86.7 Å². The van der Waals surface area contributed by atoms with Crippen LogP contribution in [-0.2, 0) is 17.4 Å². The zero-order chi connectivity index (χ0) is 39.3. The van der Waals surface area contributed by atoms with Crippen LogP contribution in [0.15, 0.2) is 60.7 Å². The Morgan fingerprint density at radius 3 is 1.43 bits per heavy atom. The molecule has 0 radical (unpaired) electrons. The van der Waals surface area contributed by atoms with Crippen LogP contribution in [0.25, 0.3) is 0 Å². The number of nitrogens with two attached hydrogens (primary N) is 1. The predicted octanol–water partition coefficient (Wildman–Crippen LogP) is 13.2. The second-order valence-corrected chi connectivity index (χ2v) is 18.4. The summed E-state index contributed by atoms with van der Waals surface area (Å²) in [6.45, 7) is 22.7. The van der Waals surface area contributed by atoms with Crippen molar-refractivity contribution in [3.63, 3.8) is 0 Å². The van der Waals surface area contributed by atoms with Gasteiger partial charge >= 0.3 is 7.82 Å². The van der Waals surface area contributed by atoms with Crippen LogP contribution in [0.5, 0.6) is 11.5 Å². The molecule has 3 aromatic rings. The molecule has 0 aromatic heterocycles. The minimum Gasteiger partial charge on any atom is -0.736 e. The van der Waals surface area contributed by atoms with E-state index in [1.165, 1.54) is 93.0 Å². The number of quaternary nitrogens is 1. The highest BCUT2D eigenvalue weighted by Gasteiger charge is 2.29. The van der Waals surface area contributed by atoms with Gasteiger partial charge in [-0.2, -0.15) is 0 Å². The summed E-state index contributed by atoms with van der Waals surface area (Å²) in [5, 5.41) is 2.44. The summed E-state index contributed by atoms with van der Waals surface area (Å²) in [7, 11) is -4.56. The molecule has 2 N–H and O–H groups in total. The smallest absolute Gasteiger partial charge is 0.372 e. The summed E-state index contributed by atoms with van der Waals surface area (Å²) in [4.78, 5) is 12.8. The number of benzene rings is 3. The van der Waals surface area contributed by atoms with Crippen molar-refractivity contribution >= 4 is 13.5 Å². The standard InChI is InChI=1S/C30H47O4P.C17H29N/c1-3-5-7-9-11-13-15-21-27-23-17-19-25-29(27)33-35(31,32)34-30-26-20-18-24-28(30)22-16-14-12-10-8-6-4-2;1-12-9-10-15(14(3)13(12)2)18-17(7,8)11-16(4,5)6/h17-20,23-26H,3-16,21-22H2,1-2H3,(H,31,32);9-10,18H,11H2,1-8H3. The zero-order valence-corrected chi connectivity index (χ0v) is 36.3. The van der Waals surface area contributed by atoms with Crippen LogP contribution in [0.2, 0.25) is 0 Å². The van der Waals surface area contributed by atoms with Crippen molar-refractivity contribution < 1.29 is 23.8 Å². The van der Waals surface area contributed by atoms with Gasteiger partial charge in [-0.15, -0.1) is 0 Å². The van der Waals surface area contributed by atoms with Crippen LogP contribution in [0.3, 0.4) is 0 Å². The molecule has 0 aliphatic heterocycles. The molecular formula is C47H76NO4P. The molecule has 3 rings (SSSR count). The molecule has 0 fully saturated rings. The molecule has 298 valence electrons. The van der Waals surface area contributed by atoms with Gasteiger partial charge in [-0.25, -0.2) is 4.57 Å². The normalized spacial score (nSPS) is 12.0. The van der Waals surface area contributed by atoms with E-state index in [1.54, 1.807) is 24.3 Å². The van der Waals surface area contributed by atoms with Crippen LogP contribution < -0.4 is 19.3 Å². The van der Waals surface area contributed by atoms with Crippen molar-refractivity contribution in [3.05, 3.63) is 88.5 Å². The van der Waals surface area contributed by atoms with Crippen molar-refractivity contribution in [2.45, 2.75) is 184 Å². The van der Waals surface area contributed by atoms with Gasteiger partial charge < -0.3 is 19.3 Å². The van der Waals surface area contributed by atoms with Crippen LogP contribution in [0, 0.1) is 26.2 Å². The monoisotopic (exact) mass is 750 g/mol. The summed E-state index contributed by atoms with van der Waals surface area (Å²) < 4.78 is 23.7. The molecule has 0 aliphatic carbocycles. The maximum Gasteiger partial charge on any atom is 0.372 e. The molecule has 0 spiro atoms. The fraction of sp³-hybridized carbons (Fsp3) is 0.617. The molecule has 0 heterocycles. The molecule has 0 saturated heterocycles. The average Bonchev–Trinajstić information content (AvgIpc) is 3.08. The van der Waals surface area contributed by atoms with Gasteiger partial charge in [-0.05, 0) is 106 Å². The lowest BCUT2D eigenvalue weighted by Crippen LogP contribution is -2.91. The summed E-state index contributed by atoms with van der Waals surface area (Å²) >= 11 is 0. The number of unbranched alkanes of at least 4 members (excludes halogenated alkanes) is 12. The Morgan fingerprint density at radius 1 is 0.585 bits per heavy atom. The molecule has 3 aromatic carbocycles. The van der Waals surface area contributed by atoms with Crippen molar-refractivity contribution in [2.24, 2.45) is 5.41 Å². The van der Waals surface area contributed by atoms with Gasteiger partial charge in [0.15, 0.2) is 0 Å². The first-order valence-electron chi connectivity index (χ1n) is 20.9. The Balaban J connectivity index is 0.000000453. The largest absolute Gasteiger partial charge is 0.736 e. The van der Waals surface area contributed by atoms with E-state index in [0.717, 1.165) is 49.7 Å². The molecule has 0 unspecified atom stereocenters. The third-order valence-electron chi connectivity index (χ3n) is 10.1. The molecule has 5 nitrogen and oxygen atoms in total. The number of phosphoric ester groups is 1. The topological polar surface area (TPSA) is 75.2 Å². The van der Waals surface area contributed by atoms with Gasteiger partial charge in [0.25, 0.3) is 0 Å². The molecular weight excluding hydrogens is 673 g/mol. The third-order valence-corrected chi connectivity index (χ3v) is 10.9. The van der Waals surface area contributed by atoms with Crippen molar-refractivity contribution in [1.29, 1.82) is 0 Å². The van der Waals surface area contributed by atoms with Crippen LogP contribution in [-0.4, -0.2) is 5.54 Å². The minimum absolute atomic E-state index is 0.241. The van der Waals surface area contributed by atoms with Crippen LogP contribution in [0.4, 0.5) is 5.69 Å². The van der Waals surface area contributed by atoms with E-state index in [-0.39, 0.29) is 5.54 Å². The van der Waals surface area contributed by atoms with Gasteiger partial charge in [0.1, 0.15) is 17.2 Å². The molecule has 53 heavy (non-hydrogen) atoms. The lowest BCUT2D eigenvalue weighted by atomic mass is 9.81. The van der Waals surface area contributed by atoms with E-state index in [4.69, 9.17) is 9.05 Å². The summed E-state index contributed by atoms with van der Waals surface area (Å²) in [6.07, 6.45) is 19.9. The number of phosphoric acid groups is 1. The lowest BCUT2D eigenvalue weighted by molar-refractivity contribution is -0.650. The number of hydrogen-bond donors (Lipinski definition) is 1. The highest BCUT2D eigenvalue weighted by Crippen LogP contribution is 2.43. The second-order valence-electron chi connectivity index (χ2n) is 17.2.